The van der Waals surface area contributed by atoms with Gasteiger partial charge < -0.3 is 15.1 Å². The van der Waals surface area contributed by atoms with Crippen molar-refractivity contribution in [3.8, 4) is 0 Å². The second-order valence-electron chi connectivity index (χ2n) is 6.57. The average molecular weight is 341 g/mol. The zero-order chi connectivity index (χ0) is 17.8. The number of benzene rings is 1. The number of hydrogen-bond donors (Lipinski definition) is 1. The van der Waals surface area contributed by atoms with Crippen LogP contribution in [-0.2, 0) is 14.4 Å². The summed E-state index contributed by atoms with van der Waals surface area (Å²) in [5.74, 6) is -0.142. The quantitative estimate of drug-likeness (QED) is 0.788. The zero-order valence-corrected chi connectivity index (χ0v) is 14.2. The van der Waals surface area contributed by atoms with Gasteiger partial charge in [-0.2, -0.15) is 0 Å². The van der Waals surface area contributed by atoms with Crippen molar-refractivity contribution in [1.82, 2.24) is 15.1 Å². The fourth-order valence-corrected chi connectivity index (χ4v) is 3.15. The minimum Gasteiger partial charge on any atom is -0.347 e. The van der Waals surface area contributed by atoms with Crippen LogP contribution in [0.15, 0.2) is 43.0 Å². The van der Waals surface area contributed by atoms with Gasteiger partial charge >= 0.3 is 0 Å². The van der Waals surface area contributed by atoms with Crippen LogP contribution in [-0.4, -0.2) is 53.7 Å². The first-order valence-electron chi connectivity index (χ1n) is 8.62. The van der Waals surface area contributed by atoms with Gasteiger partial charge in [0.1, 0.15) is 6.54 Å². The Morgan fingerprint density at radius 3 is 2.56 bits per heavy atom. The van der Waals surface area contributed by atoms with Gasteiger partial charge in [-0.3, -0.25) is 14.4 Å². The van der Waals surface area contributed by atoms with E-state index in [1.165, 1.54) is 15.9 Å². The Balaban J connectivity index is 1.56. The first-order valence-corrected chi connectivity index (χ1v) is 8.62. The van der Waals surface area contributed by atoms with Crippen molar-refractivity contribution in [3.63, 3.8) is 0 Å². The Hall–Kier alpha value is -2.63. The minimum absolute atomic E-state index is 0.00285. The molecule has 2 aliphatic rings. The van der Waals surface area contributed by atoms with Gasteiger partial charge in [0.15, 0.2) is 0 Å². The predicted octanol–water partition coefficient (Wildman–Crippen LogP) is 1.11. The van der Waals surface area contributed by atoms with Gasteiger partial charge in [-0.1, -0.05) is 36.9 Å². The number of hydrogen-bond acceptors (Lipinski definition) is 3. The van der Waals surface area contributed by atoms with Gasteiger partial charge in [-0.05, 0) is 30.4 Å². The van der Waals surface area contributed by atoms with Crippen LogP contribution in [0.1, 0.15) is 24.4 Å². The lowest BCUT2D eigenvalue weighted by Gasteiger charge is -2.33. The number of carbonyl (C=O) groups excluding carboxylic acids is 3. The van der Waals surface area contributed by atoms with E-state index in [1.54, 1.807) is 0 Å². The molecule has 0 radical (unpaired) electrons. The summed E-state index contributed by atoms with van der Waals surface area (Å²) in [6.45, 7) is 4.26. The van der Waals surface area contributed by atoms with Gasteiger partial charge in [0.25, 0.3) is 0 Å². The Morgan fingerprint density at radius 1 is 1.24 bits per heavy atom. The molecule has 0 spiro atoms. The molecule has 0 bridgehead atoms. The number of rotatable bonds is 6. The van der Waals surface area contributed by atoms with E-state index < -0.39 is 0 Å². The zero-order valence-electron chi connectivity index (χ0n) is 14.2. The molecule has 1 aromatic rings. The van der Waals surface area contributed by atoms with E-state index >= 15 is 0 Å². The molecule has 132 valence electrons. The molecule has 1 aliphatic heterocycles. The largest absolute Gasteiger partial charge is 0.347 e. The molecule has 1 heterocycles. The third-order valence-corrected chi connectivity index (χ3v) is 4.71. The first-order chi connectivity index (χ1) is 12.1. The van der Waals surface area contributed by atoms with Crippen LogP contribution < -0.4 is 5.32 Å². The smallest absolute Gasteiger partial charge is 0.246 e. The molecular weight excluding hydrogens is 318 g/mol. The van der Waals surface area contributed by atoms with Crippen molar-refractivity contribution in [2.24, 2.45) is 5.92 Å². The molecule has 1 aromatic carbocycles. The molecule has 3 rings (SSSR count). The molecule has 2 fully saturated rings. The average Bonchev–Trinajstić information content (AvgIpc) is 3.46. The van der Waals surface area contributed by atoms with E-state index in [4.69, 9.17) is 0 Å². The highest BCUT2D eigenvalue weighted by atomic mass is 16.2. The molecule has 1 unspecified atom stereocenters. The highest BCUT2D eigenvalue weighted by Gasteiger charge is 2.34. The van der Waals surface area contributed by atoms with Crippen LogP contribution in [0.3, 0.4) is 0 Å². The molecule has 0 aromatic heterocycles. The molecule has 1 saturated heterocycles. The first kappa shape index (κ1) is 17.2. The molecule has 6 heteroatoms. The van der Waals surface area contributed by atoms with Gasteiger partial charge in [0, 0.05) is 13.1 Å². The third-order valence-electron chi connectivity index (χ3n) is 4.71. The van der Waals surface area contributed by atoms with Crippen molar-refractivity contribution >= 4 is 17.7 Å². The molecule has 3 amide bonds. The fraction of sp³-hybridized carbons (Fsp3) is 0.421. The van der Waals surface area contributed by atoms with Crippen LogP contribution in [0.5, 0.6) is 0 Å². The SMILES string of the molecule is C=CC(=O)N1CCN(CC(=O)NC(c2ccccc2)C2CC2)C(=O)C1. The maximum atomic E-state index is 12.4. The van der Waals surface area contributed by atoms with E-state index in [2.05, 4.69) is 11.9 Å². The molecule has 25 heavy (non-hydrogen) atoms. The minimum atomic E-state index is -0.254. The van der Waals surface area contributed by atoms with E-state index in [1.807, 2.05) is 30.3 Å². The second-order valence-corrected chi connectivity index (χ2v) is 6.57. The standard InChI is InChI=1S/C19H23N3O3/c1-2-17(24)22-11-10-21(18(25)13-22)12-16(23)20-19(15-8-9-15)14-6-4-3-5-7-14/h2-7,15,19H,1,8-13H2,(H,20,23). The number of nitrogens with zero attached hydrogens (tertiary/aromatic N) is 2. The summed E-state index contributed by atoms with van der Waals surface area (Å²) in [5.41, 5.74) is 1.10. The van der Waals surface area contributed by atoms with E-state index in [0.717, 1.165) is 18.4 Å². The summed E-state index contributed by atoms with van der Waals surface area (Å²) in [4.78, 5) is 39.2. The maximum Gasteiger partial charge on any atom is 0.246 e. The van der Waals surface area contributed by atoms with Crippen LogP contribution in [0.4, 0.5) is 0 Å². The topological polar surface area (TPSA) is 69.7 Å². The lowest BCUT2D eigenvalue weighted by Crippen LogP contribution is -2.54. The van der Waals surface area contributed by atoms with Crippen molar-refractivity contribution in [3.05, 3.63) is 48.6 Å². The number of carbonyl (C=O) groups is 3. The third kappa shape index (κ3) is 4.26. The number of piperazine rings is 1. The Morgan fingerprint density at radius 2 is 1.96 bits per heavy atom. The Kier molecular flexibility index (Phi) is 5.16. The van der Waals surface area contributed by atoms with Crippen molar-refractivity contribution in [2.75, 3.05) is 26.2 Å². The van der Waals surface area contributed by atoms with E-state index in [0.29, 0.717) is 19.0 Å². The Labute approximate surface area is 147 Å². The molecule has 1 aliphatic carbocycles. The van der Waals surface area contributed by atoms with Crippen molar-refractivity contribution < 1.29 is 14.4 Å². The summed E-state index contributed by atoms with van der Waals surface area (Å²) < 4.78 is 0. The van der Waals surface area contributed by atoms with Crippen LogP contribution in [0, 0.1) is 5.92 Å². The summed E-state index contributed by atoms with van der Waals surface area (Å²) >= 11 is 0. The second kappa shape index (κ2) is 7.51. The summed E-state index contributed by atoms with van der Waals surface area (Å²) in [6.07, 6.45) is 3.43. The van der Waals surface area contributed by atoms with Crippen molar-refractivity contribution in [2.45, 2.75) is 18.9 Å². The molecule has 1 atom stereocenters. The highest BCUT2D eigenvalue weighted by Crippen LogP contribution is 2.40. The van der Waals surface area contributed by atoms with Crippen LogP contribution >= 0.6 is 0 Å². The van der Waals surface area contributed by atoms with Crippen LogP contribution in [0.2, 0.25) is 0 Å². The number of amides is 3. The predicted molar refractivity (Wildman–Crippen MR) is 93.4 cm³/mol. The molecular formula is C19H23N3O3. The summed E-state index contributed by atoms with van der Waals surface area (Å²) in [7, 11) is 0. The van der Waals surface area contributed by atoms with Gasteiger partial charge in [0.2, 0.25) is 17.7 Å². The van der Waals surface area contributed by atoms with E-state index in [-0.39, 0.29) is 36.9 Å². The molecule has 1 saturated carbocycles. The normalized spacial score (nSPS) is 18.6. The number of nitrogens with one attached hydrogen (secondary N) is 1. The van der Waals surface area contributed by atoms with Gasteiger partial charge in [0.05, 0.1) is 12.6 Å². The van der Waals surface area contributed by atoms with Crippen molar-refractivity contribution in [1.29, 1.82) is 0 Å². The fourth-order valence-electron chi connectivity index (χ4n) is 3.15. The molecule has 6 nitrogen and oxygen atoms in total. The lowest BCUT2D eigenvalue weighted by molar-refractivity contribution is -0.145. The maximum absolute atomic E-state index is 12.4. The van der Waals surface area contributed by atoms with Gasteiger partial charge in [-0.25, -0.2) is 0 Å². The summed E-state index contributed by atoms with van der Waals surface area (Å²) in [5, 5.41) is 3.08. The van der Waals surface area contributed by atoms with Crippen LogP contribution in [0.25, 0.3) is 0 Å². The summed E-state index contributed by atoms with van der Waals surface area (Å²) in [6, 6.07) is 9.94. The Bertz CT molecular complexity index is 670. The highest BCUT2D eigenvalue weighted by molar-refractivity contribution is 5.93. The van der Waals surface area contributed by atoms with Gasteiger partial charge in [-0.15, -0.1) is 0 Å². The van der Waals surface area contributed by atoms with E-state index in [9.17, 15) is 14.4 Å². The molecule has 1 N–H and O–H groups in total. The lowest BCUT2D eigenvalue weighted by atomic mass is 10.0. The monoisotopic (exact) mass is 341 g/mol.